The van der Waals surface area contributed by atoms with E-state index in [4.69, 9.17) is 5.11 Å². The third-order valence-electron chi connectivity index (χ3n) is 1.67. The molecule has 88 valence electrons. The fourth-order valence-corrected chi connectivity index (χ4v) is 1.51. The van der Waals surface area contributed by atoms with Crippen LogP contribution in [0, 0.1) is 3.57 Å². The number of hydrogen-bond acceptors (Lipinski definition) is 4. The van der Waals surface area contributed by atoms with E-state index in [1.54, 1.807) is 0 Å². The minimum absolute atomic E-state index is 0.0767. The monoisotopic (exact) mass is 343 g/mol. The molecule has 0 bridgehead atoms. The van der Waals surface area contributed by atoms with Crippen LogP contribution in [0.5, 0.6) is 5.75 Å². The zero-order chi connectivity index (χ0) is 12.3. The summed E-state index contributed by atoms with van der Waals surface area (Å²) >= 11 is 1.91. The van der Waals surface area contributed by atoms with Gasteiger partial charge in [0.1, 0.15) is 5.75 Å². The molecule has 0 unspecified atom stereocenters. The number of carboxylic acid groups (broad SMARTS) is 1. The largest absolute Gasteiger partial charge is 0.541 e. The summed E-state index contributed by atoms with van der Waals surface area (Å²) in [7, 11) is 0. The summed E-state index contributed by atoms with van der Waals surface area (Å²) in [6.45, 7) is -0.532. The van der Waals surface area contributed by atoms with E-state index in [0.29, 0.717) is 3.57 Å². The maximum absolute atomic E-state index is 12.7. The molecule has 0 spiro atoms. The fraction of sp³-hybridized carbons (Fsp3) is 0.222. The van der Waals surface area contributed by atoms with Gasteiger partial charge in [-0.1, -0.05) is 0 Å². The molecule has 1 rings (SSSR count). The van der Waals surface area contributed by atoms with Crippen LogP contribution in [-0.2, 0) is 11.4 Å². The molecule has 16 heavy (non-hydrogen) atoms. The van der Waals surface area contributed by atoms with Crippen molar-refractivity contribution in [3.63, 3.8) is 0 Å². The van der Waals surface area contributed by atoms with Crippen molar-refractivity contribution >= 4 is 28.6 Å². The first kappa shape index (κ1) is 13.1. The Bertz CT molecular complexity index is 408. The van der Waals surface area contributed by atoms with Crippen LogP contribution in [0.25, 0.3) is 0 Å². The van der Waals surface area contributed by atoms with Crippen molar-refractivity contribution in [3.05, 3.63) is 27.3 Å². The highest BCUT2D eigenvalue weighted by Crippen LogP contribution is 2.26. The van der Waals surface area contributed by atoms with E-state index in [9.17, 15) is 18.7 Å². The number of aliphatic carboxylic acids is 1. The Morgan fingerprint density at radius 1 is 1.56 bits per heavy atom. The van der Waals surface area contributed by atoms with Crippen molar-refractivity contribution in [3.8, 4) is 5.75 Å². The number of hydrogen-bond donors (Lipinski definition) is 1. The van der Waals surface area contributed by atoms with Gasteiger partial charge in [-0.3, -0.25) is 0 Å². The number of carbonyl (C=O) groups is 1. The Labute approximate surface area is 103 Å². The van der Waals surface area contributed by atoms with E-state index in [2.05, 4.69) is 4.74 Å². The van der Waals surface area contributed by atoms with Crippen molar-refractivity contribution < 1.29 is 28.5 Å². The smallest absolute Gasteiger partial charge is 0.441 e. The topological polar surface area (TPSA) is 69.6 Å². The summed E-state index contributed by atoms with van der Waals surface area (Å²) in [5.41, 5.74) is 0.0767. The molecule has 1 aromatic carbocycles. The Kier molecular flexibility index (Phi) is 4.03. The minimum Gasteiger partial charge on any atom is -0.541 e. The lowest BCUT2D eigenvalue weighted by molar-refractivity contribution is -0.350. The molecule has 0 amide bonds. The van der Waals surface area contributed by atoms with Gasteiger partial charge in [0.2, 0.25) is 0 Å². The first-order valence-electron chi connectivity index (χ1n) is 4.04. The maximum Gasteiger partial charge on any atom is 0.441 e. The van der Waals surface area contributed by atoms with Crippen molar-refractivity contribution in [2.75, 3.05) is 0 Å². The maximum atomic E-state index is 12.7. The molecule has 4 nitrogen and oxygen atoms in total. The average molecular weight is 343 g/mol. The Morgan fingerprint density at radius 2 is 2.19 bits per heavy atom. The van der Waals surface area contributed by atoms with Gasteiger partial charge in [0.05, 0.1) is 6.61 Å². The van der Waals surface area contributed by atoms with Crippen LogP contribution in [0.2, 0.25) is 0 Å². The summed E-state index contributed by atoms with van der Waals surface area (Å²) in [4.78, 5) is 10.0. The molecule has 0 heterocycles. The lowest BCUT2D eigenvalue weighted by Crippen LogP contribution is -2.45. The second-order valence-electron chi connectivity index (χ2n) is 2.82. The van der Waals surface area contributed by atoms with E-state index in [-0.39, 0.29) is 5.56 Å². The van der Waals surface area contributed by atoms with Crippen molar-refractivity contribution in [1.29, 1.82) is 0 Å². The summed E-state index contributed by atoms with van der Waals surface area (Å²) in [6, 6.07) is 4.01. The molecule has 7 heteroatoms. The number of carboxylic acids is 1. The van der Waals surface area contributed by atoms with Gasteiger partial charge < -0.3 is 19.7 Å². The van der Waals surface area contributed by atoms with Crippen LogP contribution in [0.4, 0.5) is 8.78 Å². The van der Waals surface area contributed by atoms with Crippen molar-refractivity contribution in [2.24, 2.45) is 0 Å². The molecule has 1 aromatic rings. The van der Waals surface area contributed by atoms with Gasteiger partial charge >= 0.3 is 6.11 Å². The van der Waals surface area contributed by atoms with Gasteiger partial charge in [0, 0.05) is 9.13 Å². The van der Waals surface area contributed by atoms with E-state index in [0.717, 1.165) is 6.07 Å². The van der Waals surface area contributed by atoms with E-state index >= 15 is 0 Å². The third-order valence-corrected chi connectivity index (χ3v) is 2.34. The minimum atomic E-state index is -4.42. The molecule has 0 aliphatic carbocycles. The highest BCUT2D eigenvalue weighted by atomic mass is 127. The standard InChI is InChI=1S/C9H7F2IO4/c10-9(11,8(14)15)16-7-2-1-6(12)3-5(7)4-13/h1-3,13H,4H2,(H,14,15)/p-1. The number of halogens is 3. The Hall–Kier alpha value is -0.960. The SMILES string of the molecule is O=C([O-])C(F)(F)Oc1ccc(I)cc1CO. The number of carbonyl (C=O) groups excluding carboxylic acids is 1. The van der Waals surface area contributed by atoms with E-state index in [1.807, 2.05) is 22.6 Å². The van der Waals surface area contributed by atoms with Gasteiger partial charge in [-0.05, 0) is 40.8 Å². The molecule has 0 aromatic heterocycles. The van der Waals surface area contributed by atoms with Gasteiger partial charge in [-0.2, -0.15) is 8.78 Å². The Morgan fingerprint density at radius 3 is 2.69 bits per heavy atom. The van der Waals surface area contributed by atoms with Crippen LogP contribution < -0.4 is 9.84 Å². The van der Waals surface area contributed by atoms with Crippen LogP contribution in [0.15, 0.2) is 18.2 Å². The molecule has 0 aliphatic heterocycles. The predicted octanol–water partition coefficient (Wildman–Crippen LogP) is 0.505. The quantitative estimate of drug-likeness (QED) is 0.809. The second kappa shape index (κ2) is 4.91. The number of ether oxygens (including phenoxy) is 1. The molecule has 0 fully saturated rings. The van der Waals surface area contributed by atoms with Crippen LogP contribution in [-0.4, -0.2) is 17.2 Å². The molecular weight excluding hydrogens is 337 g/mol. The second-order valence-corrected chi connectivity index (χ2v) is 4.06. The summed E-state index contributed by atoms with van der Waals surface area (Å²) in [5, 5.41) is 18.9. The van der Waals surface area contributed by atoms with Gasteiger partial charge in [-0.25, -0.2) is 0 Å². The fourth-order valence-electron chi connectivity index (χ4n) is 0.951. The van der Waals surface area contributed by atoms with Gasteiger partial charge in [0.15, 0.2) is 5.97 Å². The number of aliphatic hydroxyl groups is 1. The first-order chi connectivity index (χ1) is 7.36. The van der Waals surface area contributed by atoms with Crippen LogP contribution in [0.1, 0.15) is 5.56 Å². The first-order valence-corrected chi connectivity index (χ1v) is 5.12. The molecule has 0 radical (unpaired) electrons. The van der Waals surface area contributed by atoms with Crippen molar-refractivity contribution in [2.45, 2.75) is 12.7 Å². The number of benzene rings is 1. The van der Waals surface area contributed by atoms with Gasteiger partial charge in [-0.15, -0.1) is 0 Å². The predicted molar refractivity (Wildman–Crippen MR) is 55.7 cm³/mol. The number of rotatable bonds is 4. The van der Waals surface area contributed by atoms with E-state index in [1.165, 1.54) is 12.1 Å². The van der Waals surface area contributed by atoms with Crippen LogP contribution >= 0.6 is 22.6 Å². The molecule has 1 N–H and O–H groups in total. The number of aliphatic hydroxyl groups excluding tert-OH is 1. The molecule has 0 saturated heterocycles. The summed E-state index contributed by atoms with van der Waals surface area (Å²) in [6.07, 6.45) is -4.42. The van der Waals surface area contributed by atoms with Crippen molar-refractivity contribution in [1.82, 2.24) is 0 Å². The molecule has 0 saturated carbocycles. The Balaban J connectivity index is 3.01. The summed E-state index contributed by atoms with van der Waals surface area (Å²) < 4.78 is 30.0. The lowest BCUT2D eigenvalue weighted by atomic mass is 10.2. The van der Waals surface area contributed by atoms with Crippen LogP contribution in [0.3, 0.4) is 0 Å². The third kappa shape index (κ3) is 3.01. The molecular formula is C9H6F2IO4-. The normalized spacial score (nSPS) is 11.2. The van der Waals surface area contributed by atoms with Gasteiger partial charge in [0.25, 0.3) is 0 Å². The lowest BCUT2D eigenvalue weighted by Gasteiger charge is -2.20. The van der Waals surface area contributed by atoms with E-state index < -0.39 is 24.4 Å². The highest BCUT2D eigenvalue weighted by molar-refractivity contribution is 14.1. The summed E-state index contributed by atoms with van der Waals surface area (Å²) in [5.74, 6) is -3.02. The molecule has 0 atom stereocenters. The average Bonchev–Trinajstić information content (AvgIpc) is 2.20. The zero-order valence-corrected chi connectivity index (χ0v) is 9.90. The number of alkyl halides is 2. The molecule has 0 aliphatic rings. The zero-order valence-electron chi connectivity index (χ0n) is 7.75. The highest BCUT2D eigenvalue weighted by Gasteiger charge is 2.34.